The van der Waals surface area contributed by atoms with E-state index in [2.05, 4.69) is 20.0 Å². The van der Waals surface area contributed by atoms with Crippen LogP contribution in [0.15, 0.2) is 4.90 Å². The van der Waals surface area contributed by atoms with Crippen LogP contribution in [-0.2, 0) is 17.1 Å². The molecule has 2 rings (SSSR count). The molecule has 0 radical (unpaired) electrons. The van der Waals surface area contributed by atoms with E-state index in [1.165, 1.54) is 0 Å². The molecular formula is C11H17N5O2S. The van der Waals surface area contributed by atoms with Crippen molar-refractivity contribution in [3.8, 4) is 0 Å². The first-order chi connectivity index (χ1) is 8.74. The van der Waals surface area contributed by atoms with Crippen molar-refractivity contribution in [2.24, 2.45) is 7.05 Å². The van der Waals surface area contributed by atoms with Gasteiger partial charge in [0.2, 0.25) is 0 Å². The Labute approximate surface area is 112 Å². The monoisotopic (exact) mass is 283 g/mol. The summed E-state index contributed by atoms with van der Waals surface area (Å²) in [4.78, 5) is 0.204. The Balaban J connectivity index is 2.47. The first-order valence-corrected chi connectivity index (χ1v) is 7.27. The Morgan fingerprint density at radius 3 is 2.26 bits per heavy atom. The minimum Gasteiger partial charge on any atom is -0.280 e. The molecule has 19 heavy (non-hydrogen) atoms. The van der Waals surface area contributed by atoms with Gasteiger partial charge < -0.3 is 0 Å². The smallest absolute Gasteiger partial charge is 0.266 e. The van der Waals surface area contributed by atoms with Crippen molar-refractivity contribution in [3.05, 3.63) is 22.6 Å². The summed E-state index contributed by atoms with van der Waals surface area (Å²) in [5, 5.41) is 10.8. The van der Waals surface area contributed by atoms with Crippen molar-refractivity contribution in [2.75, 3.05) is 4.72 Å². The van der Waals surface area contributed by atoms with E-state index in [1.807, 2.05) is 6.92 Å². The third-order valence-electron chi connectivity index (χ3n) is 3.20. The molecule has 0 bridgehead atoms. The van der Waals surface area contributed by atoms with Crippen LogP contribution in [0.1, 0.15) is 22.6 Å². The molecule has 0 saturated heterocycles. The zero-order valence-electron chi connectivity index (χ0n) is 11.6. The number of hydrogen-bond acceptors (Lipinski definition) is 4. The molecule has 0 aromatic carbocycles. The fraction of sp³-hybridized carbons (Fsp3) is 0.455. The van der Waals surface area contributed by atoms with E-state index >= 15 is 0 Å². The fourth-order valence-corrected chi connectivity index (χ4v) is 3.41. The summed E-state index contributed by atoms with van der Waals surface area (Å²) >= 11 is 0. The van der Waals surface area contributed by atoms with E-state index in [0.717, 1.165) is 11.3 Å². The number of nitrogens with zero attached hydrogens (tertiary/aromatic N) is 3. The molecule has 0 saturated carbocycles. The van der Waals surface area contributed by atoms with Crippen LogP contribution in [0, 0.1) is 27.7 Å². The first-order valence-electron chi connectivity index (χ1n) is 5.78. The lowest BCUT2D eigenvalue weighted by Gasteiger charge is -2.06. The highest BCUT2D eigenvalue weighted by Gasteiger charge is 2.25. The van der Waals surface area contributed by atoms with Gasteiger partial charge in [-0.2, -0.15) is 10.2 Å². The molecule has 0 aliphatic rings. The summed E-state index contributed by atoms with van der Waals surface area (Å²) in [6, 6.07) is 0. The molecule has 2 aromatic rings. The van der Waals surface area contributed by atoms with Gasteiger partial charge >= 0.3 is 0 Å². The number of aromatic amines is 1. The average molecular weight is 283 g/mol. The van der Waals surface area contributed by atoms with Crippen molar-refractivity contribution in [1.82, 2.24) is 20.0 Å². The lowest BCUT2D eigenvalue weighted by Crippen LogP contribution is -2.15. The van der Waals surface area contributed by atoms with Gasteiger partial charge in [-0.1, -0.05) is 0 Å². The zero-order valence-corrected chi connectivity index (χ0v) is 12.4. The van der Waals surface area contributed by atoms with Crippen LogP contribution in [0.5, 0.6) is 0 Å². The summed E-state index contributed by atoms with van der Waals surface area (Å²) < 4.78 is 28.8. The van der Waals surface area contributed by atoms with E-state index in [0.29, 0.717) is 17.2 Å². The van der Waals surface area contributed by atoms with Gasteiger partial charge in [0.25, 0.3) is 10.0 Å². The largest absolute Gasteiger partial charge is 0.280 e. The van der Waals surface area contributed by atoms with Crippen LogP contribution in [0.2, 0.25) is 0 Å². The maximum absolute atomic E-state index is 12.4. The third kappa shape index (κ3) is 2.23. The van der Waals surface area contributed by atoms with Crippen LogP contribution in [-0.4, -0.2) is 28.4 Å². The minimum absolute atomic E-state index is 0.204. The van der Waals surface area contributed by atoms with Crippen molar-refractivity contribution < 1.29 is 8.42 Å². The van der Waals surface area contributed by atoms with Crippen LogP contribution >= 0.6 is 0 Å². The summed E-state index contributed by atoms with van der Waals surface area (Å²) in [5.74, 6) is 0.320. The van der Waals surface area contributed by atoms with Gasteiger partial charge in [-0.3, -0.25) is 14.5 Å². The topological polar surface area (TPSA) is 92.7 Å². The lowest BCUT2D eigenvalue weighted by atomic mass is 10.3. The predicted molar refractivity (Wildman–Crippen MR) is 71.6 cm³/mol. The van der Waals surface area contributed by atoms with Gasteiger partial charge in [-0.05, 0) is 27.7 Å². The van der Waals surface area contributed by atoms with Crippen molar-refractivity contribution >= 4 is 15.8 Å². The quantitative estimate of drug-likeness (QED) is 0.884. The maximum Gasteiger partial charge on any atom is 0.266 e. The Morgan fingerprint density at radius 2 is 1.84 bits per heavy atom. The summed E-state index contributed by atoms with van der Waals surface area (Å²) in [5.41, 5.74) is 2.67. The summed E-state index contributed by atoms with van der Waals surface area (Å²) in [6.07, 6.45) is 0. The molecule has 8 heteroatoms. The third-order valence-corrected chi connectivity index (χ3v) is 4.79. The molecular weight excluding hydrogens is 266 g/mol. The number of aromatic nitrogens is 4. The number of rotatable bonds is 3. The number of aryl methyl sites for hydroxylation is 3. The van der Waals surface area contributed by atoms with Crippen LogP contribution < -0.4 is 4.72 Å². The minimum atomic E-state index is -3.68. The number of sulfonamides is 1. The highest BCUT2D eigenvalue weighted by Crippen LogP contribution is 2.23. The van der Waals surface area contributed by atoms with E-state index in [1.54, 1.807) is 32.5 Å². The molecule has 2 heterocycles. The number of H-pyrrole nitrogens is 1. The number of anilines is 1. The maximum atomic E-state index is 12.4. The van der Waals surface area contributed by atoms with Gasteiger partial charge in [0.05, 0.1) is 11.4 Å². The van der Waals surface area contributed by atoms with Gasteiger partial charge in [-0.25, -0.2) is 8.42 Å². The molecule has 0 atom stereocenters. The highest BCUT2D eigenvalue weighted by molar-refractivity contribution is 7.92. The van der Waals surface area contributed by atoms with Gasteiger partial charge in [-0.15, -0.1) is 0 Å². The molecule has 2 N–H and O–H groups in total. The molecule has 0 amide bonds. The second-order valence-corrected chi connectivity index (χ2v) is 6.17. The molecule has 0 aliphatic heterocycles. The van der Waals surface area contributed by atoms with Crippen molar-refractivity contribution in [2.45, 2.75) is 32.6 Å². The molecule has 104 valence electrons. The van der Waals surface area contributed by atoms with Crippen molar-refractivity contribution in [1.29, 1.82) is 0 Å². The molecule has 0 unspecified atom stereocenters. The lowest BCUT2D eigenvalue weighted by molar-refractivity contribution is 0.599. The Bertz CT molecular complexity index is 727. The number of nitrogens with one attached hydrogen (secondary N) is 2. The van der Waals surface area contributed by atoms with Gasteiger partial charge in [0.15, 0.2) is 5.82 Å². The SMILES string of the molecule is Cc1nn(C)c(C)c1S(=O)(=O)Nc1n[nH]c(C)c1C. The zero-order chi connectivity index (χ0) is 14.4. The fourth-order valence-electron chi connectivity index (χ4n) is 1.91. The predicted octanol–water partition coefficient (Wildman–Crippen LogP) is 1.18. The van der Waals surface area contributed by atoms with E-state index < -0.39 is 10.0 Å². The Morgan fingerprint density at radius 1 is 1.21 bits per heavy atom. The van der Waals surface area contributed by atoms with E-state index in [9.17, 15) is 8.42 Å². The normalized spacial score (nSPS) is 11.8. The van der Waals surface area contributed by atoms with E-state index in [-0.39, 0.29) is 4.90 Å². The van der Waals surface area contributed by atoms with Crippen LogP contribution in [0.4, 0.5) is 5.82 Å². The highest BCUT2D eigenvalue weighted by atomic mass is 32.2. The van der Waals surface area contributed by atoms with Crippen LogP contribution in [0.25, 0.3) is 0 Å². The molecule has 0 fully saturated rings. The Kier molecular flexibility index (Phi) is 3.13. The molecule has 0 spiro atoms. The number of hydrogen-bond donors (Lipinski definition) is 2. The first kappa shape index (κ1) is 13.6. The van der Waals surface area contributed by atoms with Gasteiger partial charge in [0, 0.05) is 18.3 Å². The van der Waals surface area contributed by atoms with E-state index in [4.69, 9.17) is 0 Å². The second kappa shape index (κ2) is 4.37. The summed E-state index contributed by atoms with van der Waals surface area (Å²) in [7, 11) is -1.97. The van der Waals surface area contributed by atoms with Crippen molar-refractivity contribution in [3.63, 3.8) is 0 Å². The Hall–Kier alpha value is -1.83. The molecule has 0 aliphatic carbocycles. The second-order valence-electron chi connectivity index (χ2n) is 4.55. The van der Waals surface area contributed by atoms with Crippen LogP contribution in [0.3, 0.4) is 0 Å². The van der Waals surface area contributed by atoms with Gasteiger partial charge in [0.1, 0.15) is 4.90 Å². The average Bonchev–Trinajstić information content (AvgIpc) is 2.73. The standard InChI is InChI=1S/C11H17N5O2S/c1-6-7(2)12-13-11(6)15-19(17,18)10-8(3)14-16(5)9(10)4/h1-5H3,(H2,12,13,15). The molecule has 7 nitrogen and oxygen atoms in total. The summed E-state index contributed by atoms with van der Waals surface area (Å²) in [6.45, 7) is 7.03. The molecule has 2 aromatic heterocycles.